The molecule has 0 heterocycles. The number of nitrogens with two attached hydrogens (primary N) is 1. The first kappa shape index (κ1) is 15.0. The van der Waals surface area contributed by atoms with Gasteiger partial charge in [-0.15, -0.1) is 0 Å². The zero-order valence-corrected chi connectivity index (χ0v) is 12.6. The second kappa shape index (κ2) is 6.24. The van der Waals surface area contributed by atoms with Crippen molar-refractivity contribution in [3.8, 4) is 0 Å². The van der Waals surface area contributed by atoms with Crippen molar-refractivity contribution in [2.24, 2.45) is 11.1 Å². The summed E-state index contributed by atoms with van der Waals surface area (Å²) in [6, 6.07) is 6.72. The molecule has 1 rings (SSSR count). The highest BCUT2D eigenvalue weighted by molar-refractivity contribution is 5.50. The SMILES string of the molecule is Cc1cc(C)cc(N(C)CCCC(C)(C)CN)c1. The van der Waals surface area contributed by atoms with Crippen LogP contribution in [0, 0.1) is 19.3 Å². The largest absolute Gasteiger partial charge is 0.375 e. The lowest BCUT2D eigenvalue weighted by Crippen LogP contribution is -2.26. The number of aryl methyl sites for hydroxylation is 2. The lowest BCUT2D eigenvalue weighted by atomic mass is 9.88. The van der Waals surface area contributed by atoms with Crippen molar-refractivity contribution < 1.29 is 0 Å². The Kier molecular flexibility index (Phi) is 5.21. The fraction of sp³-hybridized carbons (Fsp3) is 0.625. The predicted molar refractivity (Wildman–Crippen MR) is 81.3 cm³/mol. The molecule has 2 nitrogen and oxygen atoms in total. The molecular weight excluding hydrogens is 220 g/mol. The normalized spacial score (nSPS) is 11.7. The average molecular weight is 248 g/mol. The number of anilines is 1. The van der Waals surface area contributed by atoms with E-state index >= 15 is 0 Å². The molecule has 0 fully saturated rings. The molecule has 0 aromatic heterocycles. The minimum absolute atomic E-state index is 0.267. The Morgan fingerprint density at radius 3 is 2.17 bits per heavy atom. The minimum Gasteiger partial charge on any atom is -0.375 e. The number of hydrogen-bond acceptors (Lipinski definition) is 2. The number of benzene rings is 1. The summed E-state index contributed by atoms with van der Waals surface area (Å²) in [4.78, 5) is 2.34. The Hall–Kier alpha value is -1.02. The summed E-state index contributed by atoms with van der Waals surface area (Å²) in [5.41, 5.74) is 10.0. The summed E-state index contributed by atoms with van der Waals surface area (Å²) in [6.07, 6.45) is 2.37. The van der Waals surface area contributed by atoms with E-state index in [0.717, 1.165) is 13.1 Å². The molecule has 0 aliphatic heterocycles. The molecule has 1 aromatic carbocycles. The van der Waals surface area contributed by atoms with Crippen LogP contribution in [0.4, 0.5) is 5.69 Å². The molecule has 102 valence electrons. The molecule has 0 saturated heterocycles. The third kappa shape index (κ3) is 4.69. The molecule has 0 unspecified atom stereocenters. The van der Waals surface area contributed by atoms with Crippen molar-refractivity contribution in [2.75, 3.05) is 25.0 Å². The third-order valence-electron chi connectivity index (χ3n) is 3.55. The van der Waals surface area contributed by atoms with Gasteiger partial charge in [-0.25, -0.2) is 0 Å². The van der Waals surface area contributed by atoms with Crippen LogP contribution in [-0.2, 0) is 0 Å². The number of rotatable bonds is 6. The smallest absolute Gasteiger partial charge is 0.0368 e. The van der Waals surface area contributed by atoms with E-state index in [9.17, 15) is 0 Å². The van der Waals surface area contributed by atoms with E-state index < -0.39 is 0 Å². The summed E-state index contributed by atoms with van der Waals surface area (Å²) in [5, 5.41) is 0. The van der Waals surface area contributed by atoms with Gasteiger partial charge in [0.05, 0.1) is 0 Å². The number of nitrogens with zero attached hydrogens (tertiary/aromatic N) is 1. The van der Waals surface area contributed by atoms with Crippen molar-refractivity contribution in [1.82, 2.24) is 0 Å². The first-order chi connectivity index (χ1) is 8.34. The van der Waals surface area contributed by atoms with Crippen molar-refractivity contribution >= 4 is 5.69 Å². The van der Waals surface area contributed by atoms with Crippen LogP contribution in [0.2, 0.25) is 0 Å². The summed E-state index contributed by atoms with van der Waals surface area (Å²) in [6.45, 7) is 10.6. The standard InChI is InChI=1S/C16H28N2/c1-13-9-14(2)11-15(10-13)18(5)8-6-7-16(3,4)12-17/h9-11H,6-8,12,17H2,1-5H3. The Labute approximate surface area is 112 Å². The zero-order valence-electron chi connectivity index (χ0n) is 12.6. The summed E-state index contributed by atoms with van der Waals surface area (Å²) >= 11 is 0. The Morgan fingerprint density at radius 2 is 1.67 bits per heavy atom. The molecule has 18 heavy (non-hydrogen) atoms. The molecule has 0 aliphatic rings. The molecular formula is C16H28N2. The van der Waals surface area contributed by atoms with E-state index in [-0.39, 0.29) is 5.41 Å². The van der Waals surface area contributed by atoms with E-state index in [1.807, 2.05) is 0 Å². The van der Waals surface area contributed by atoms with Crippen molar-refractivity contribution in [3.05, 3.63) is 29.3 Å². The fourth-order valence-electron chi connectivity index (χ4n) is 2.20. The van der Waals surface area contributed by atoms with Crippen molar-refractivity contribution in [1.29, 1.82) is 0 Å². The van der Waals surface area contributed by atoms with Crippen LogP contribution in [0.25, 0.3) is 0 Å². The van der Waals surface area contributed by atoms with Gasteiger partial charge in [0.2, 0.25) is 0 Å². The van der Waals surface area contributed by atoms with Crippen LogP contribution in [0.3, 0.4) is 0 Å². The van der Waals surface area contributed by atoms with E-state index in [1.165, 1.54) is 29.7 Å². The molecule has 2 N–H and O–H groups in total. The third-order valence-corrected chi connectivity index (χ3v) is 3.55. The van der Waals surface area contributed by atoms with E-state index in [0.29, 0.717) is 0 Å². The van der Waals surface area contributed by atoms with Gasteiger partial charge >= 0.3 is 0 Å². The zero-order chi connectivity index (χ0) is 13.8. The van der Waals surface area contributed by atoms with Gasteiger partial charge in [0.15, 0.2) is 0 Å². The summed E-state index contributed by atoms with van der Waals surface area (Å²) in [5.74, 6) is 0. The molecule has 0 spiro atoms. The molecule has 0 bridgehead atoms. The second-order valence-corrected chi connectivity index (χ2v) is 6.24. The Bertz CT molecular complexity index is 362. The number of hydrogen-bond donors (Lipinski definition) is 1. The van der Waals surface area contributed by atoms with Gasteiger partial charge < -0.3 is 10.6 Å². The topological polar surface area (TPSA) is 29.3 Å². The second-order valence-electron chi connectivity index (χ2n) is 6.24. The van der Waals surface area contributed by atoms with Crippen LogP contribution in [-0.4, -0.2) is 20.1 Å². The lowest BCUT2D eigenvalue weighted by molar-refractivity contribution is 0.338. The van der Waals surface area contributed by atoms with Gasteiger partial charge in [-0.1, -0.05) is 19.9 Å². The van der Waals surface area contributed by atoms with Crippen LogP contribution in [0.1, 0.15) is 37.8 Å². The predicted octanol–water partition coefficient (Wildman–Crippen LogP) is 3.50. The van der Waals surface area contributed by atoms with Gasteiger partial charge in [-0.2, -0.15) is 0 Å². The van der Waals surface area contributed by atoms with Crippen LogP contribution < -0.4 is 10.6 Å². The minimum atomic E-state index is 0.267. The van der Waals surface area contributed by atoms with E-state index in [4.69, 9.17) is 5.73 Å². The average Bonchev–Trinajstić information content (AvgIpc) is 2.27. The highest BCUT2D eigenvalue weighted by Gasteiger charge is 2.15. The molecule has 0 saturated carbocycles. The van der Waals surface area contributed by atoms with Crippen LogP contribution in [0.5, 0.6) is 0 Å². The summed E-state index contributed by atoms with van der Waals surface area (Å²) < 4.78 is 0. The van der Waals surface area contributed by atoms with Gasteiger partial charge in [0.25, 0.3) is 0 Å². The molecule has 1 aromatic rings. The highest BCUT2D eigenvalue weighted by atomic mass is 15.1. The van der Waals surface area contributed by atoms with Gasteiger partial charge in [-0.05, 0) is 61.9 Å². The Morgan fingerprint density at radius 1 is 1.11 bits per heavy atom. The van der Waals surface area contributed by atoms with E-state index in [2.05, 4.69) is 57.8 Å². The molecule has 0 atom stereocenters. The maximum absolute atomic E-state index is 5.76. The van der Waals surface area contributed by atoms with Gasteiger partial charge in [0.1, 0.15) is 0 Å². The maximum atomic E-state index is 5.76. The molecule has 0 amide bonds. The molecule has 0 radical (unpaired) electrons. The quantitative estimate of drug-likeness (QED) is 0.835. The van der Waals surface area contributed by atoms with Crippen molar-refractivity contribution in [3.63, 3.8) is 0 Å². The highest BCUT2D eigenvalue weighted by Crippen LogP contribution is 2.22. The first-order valence-electron chi connectivity index (χ1n) is 6.83. The fourth-order valence-corrected chi connectivity index (χ4v) is 2.20. The van der Waals surface area contributed by atoms with E-state index in [1.54, 1.807) is 0 Å². The molecule has 2 heteroatoms. The van der Waals surface area contributed by atoms with Gasteiger partial charge in [-0.3, -0.25) is 0 Å². The summed E-state index contributed by atoms with van der Waals surface area (Å²) in [7, 11) is 2.17. The van der Waals surface area contributed by atoms with Crippen molar-refractivity contribution in [2.45, 2.75) is 40.5 Å². The van der Waals surface area contributed by atoms with Crippen LogP contribution in [0.15, 0.2) is 18.2 Å². The first-order valence-corrected chi connectivity index (χ1v) is 6.83. The van der Waals surface area contributed by atoms with Crippen LogP contribution >= 0.6 is 0 Å². The lowest BCUT2D eigenvalue weighted by Gasteiger charge is -2.25. The monoisotopic (exact) mass is 248 g/mol. The maximum Gasteiger partial charge on any atom is 0.0368 e. The van der Waals surface area contributed by atoms with Gasteiger partial charge in [0, 0.05) is 19.3 Å². The Balaban J connectivity index is 2.53. The molecule has 0 aliphatic carbocycles.